The maximum Gasteiger partial charge on any atom is 0.212 e. The molecule has 2 aliphatic rings. The summed E-state index contributed by atoms with van der Waals surface area (Å²) in [6, 6.07) is 13.0. The second-order valence-electron chi connectivity index (χ2n) is 6.17. The summed E-state index contributed by atoms with van der Waals surface area (Å²) >= 11 is 0. The number of para-hydroxylation sites is 1. The van der Waals surface area contributed by atoms with Crippen molar-refractivity contribution in [3.05, 3.63) is 84.1 Å². The van der Waals surface area contributed by atoms with Crippen LogP contribution in [0.1, 0.15) is 12.6 Å². The SMILES string of the molecule is CC1=C(c2ccc3ccccc3[n+]2C)C=CC2C=CC=CC12. The van der Waals surface area contributed by atoms with Gasteiger partial charge >= 0.3 is 0 Å². The summed E-state index contributed by atoms with van der Waals surface area (Å²) in [5.74, 6) is 1.01. The summed E-state index contributed by atoms with van der Waals surface area (Å²) in [4.78, 5) is 0. The molecule has 0 saturated carbocycles. The molecule has 1 heterocycles. The van der Waals surface area contributed by atoms with Crippen molar-refractivity contribution in [3.8, 4) is 0 Å². The molecule has 2 aliphatic carbocycles. The first-order valence-corrected chi connectivity index (χ1v) is 7.88. The van der Waals surface area contributed by atoms with Gasteiger partial charge in [0.05, 0.1) is 0 Å². The van der Waals surface area contributed by atoms with Crippen molar-refractivity contribution < 1.29 is 4.57 Å². The molecule has 2 atom stereocenters. The number of rotatable bonds is 1. The van der Waals surface area contributed by atoms with Crippen molar-refractivity contribution in [2.75, 3.05) is 0 Å². The van der Waals surface area contributed by atoms with E-state index >= 15 is 0 Å². The van der Waals surface area contributed by atoms with E-state index in [2.05, 4.69) is 91.4 Å². The van der Waals surface area contributed by atoms with Crippen molar-refractivity contribution in [3.63, 3.8) is 0 Å². The highest BCUT2D eigenvalue weighted by molar-refractivity contribution is 5.80. The summed E-state index contributed by atoms with van der Waals surface area (Å²) < 4.78 is 2.31. The van der Waals surface area contributed by atoms with Gasteiger partial charge in [-0.3, -0.25) is 0 Å². The van der Waals surface area contributed by atoms with Crippen LogP contribution in [-0.4, -0.2) is 0 Å². The zero-order valence-electron chi connectivity index (χ0n) is 13.0. The number of fused-ring (bicyclic) bond motifs is 2. The lowest BCUT2D eigenvalue weighted by molar-refractivity contribution is -0.647. The topological polar surface area (TPSA) is 3.88 Å². The van der Waals surface area contributed by atoms with E-state index in [1.165, 1.54) is 27.7 Å². The summed E-state index contributed by atoms with van der Waals surface area (Å²) in [7, 11) is 2.16. The van der Waals surface area contributed by atoms with E-state index in [0.29, 0.717) is 11.8 Å². The summed E-state index contributed by atoms with van der Waals surface area (Å²) in [5.41, 5.74) is 5.37. The summed E-state index contributed by atoms with van der Waals surface area (Å²) in [6.45, 7) is 2.27. The van der Waals surface area contributed by atoms with Gasteiger partial charge in [0.25, 0.3) is 0 Å². The summed E-state index contributed by atoms with van der Waals surface area (Å²) in [5, 5.41) is 1.28. The third-order valence-corrected chi connectivity index (χ3v) is 4.94. The number of aromatic nitrogens is 1. The Morgan fingerprint density at radius 3 is 2.64 bits per heavy atom. The van der Waals surface area contributed by atoms with Crippen LogP contribution in [0.4, 0.5) is 0 Å². The Labute approximate surface area is 131 Å². The van der Waals surface area contributed by atoms with Gasteiger partial charge in [-0.1, -0.05) is 54.2 Å². The van der Waals surface area contributed by atoms with Crippen molar-refractivity contribution in [1.82, 2.24) is 0 Å². The van der Waals surface area contributed by atoms with E-state index in [4.69, 9.17) is 0 Å². The first-order valence-electron chi connectivity index (χ1n) is 7.88. The normalized spacial score (nSPS) is 23.2. The van der Waals surface area contributed by atoms with Gasteiger partial charge in [-0.15, -0.1) is 0 Å². The number of hydrogen-bond donors (Lipinski definition) is 0. The van der Waals surface area contributed by atoms with E-state index in [-0.39, 0.29) is 0 Å². The Bertz CT molecular complexity index is 865. The average molecular weight is 286 g/mol. The predicted octanol–water partition coefficient (Wildman–Crippen LogP) is 4.37. The third-order valence-electron chi connectivity index (χ3n) is 4.94. The molecule has 0 aliphatic heterocycles. The zero-order valence-corrected chi connectivity index (χ0v) is 13.0. The highest BCUT2D eigenvalue weighted by atomic mass is 14.9. The number of pyridine rings is 1. The van der Waals surface area contributed by atoms with Crippen molar-refractivity contribution in [1.29, 1.82) is 0 Å². The van der Waals surface area contributed by atoms with E-state index in [1.807, 2.05) is 0 Å². The van der Waals surface area contributed by atoms with Crippen LogP contribution >= 0.6 is 0 Å². The molecule has 0 saturated heterocycles. The molecule has 108 valence electrons. The lowest BCUT2D eigenvalue weighted by atomic mass is 9.77. The van der Waals surface area contributed by atoms with Crippen LogP contribution in [0.25, 0.3) is 16.5 Å². The Kier molecular flexibility index (Phi) is 3.07. The molecule has 4 rings (SSSR count). The largest absolute Gasteiger partial charge is 0.212 e. The number of allylic oxidation sites excluding steroid dienone is 8. The molecule has 1 aromatic heterocycles. The van der Waals surface area contributed by atoms with Crippen molar-refractivity contribution in [2.45, 2.75) is 6.92 Å². The molecule has 22 heavy (non-hydrogen) atoms. The molecule has 2 unspecified atom stereocenters. The molecule has 0 amide bonds. The lowest BCUT2D eigenvalue weighted by Crippen LogP contribution is -2.34. The van der Waals surface area contributed by atoms with Gasteiger partial charge in [-0.25, -0.2) is 0 Å². The molecular formula is C21H20N+. The van der Waals surface area contributed by atoms with Gasteiger partial charge in [0, 0.05) is 34.9 Å². The molecule has 1 nitrogen and oxygen atoms in total. The Morgan fingerprint density at radius 1 is 0.909 bits per heavy atom. The minimum atomic E-state index is 0.497. The quantitative estimate of drug-likeness (QED) is 0.686. The maximum atomic E-state index is 2.34. The first-order chi connectivity index (χ1) is 10.8. The minimum Gasteiger partial charge on any atom is -0.194 e. The monoisotopic (exact) mass is 286 g/mol. The smallest absolute Gasteiger partial charge is 0.194 e. The van der Waals surface area contributed by atoms with Crippen LogP contribution in [0.2, 0.25) is 0 Å². The second-order valence-corrected chi connectivity index (χ2v) is 6.17. The van der Waals surface area contributed by atoms with E-state index in [9.17, 15) is 0 Å². The molecule has 1 aromatic carbocycles. The van der Waals surface area contributed by atoms with Crippen molar-refractivity contribution >= 4 is 16.5 Å². The predicted molar refractivity (Wildman–Crippen MR) is 92.1 cm³/mol. The molecule has 1 heteroatoms. The second kappa shape index (κ2) is 5.10. The standard InChI is InChI=1S/C21H20N/c1-15-18-9-5-3-7-16(18)11-13-19(15)21-14-12-17-8-4-6-10-20(17)22(21)2/h3-14,16,18H,1-2H3/q+1. The highest BCUT2D eigenvalue weighted by Gasteiger charge is 2.27. The van der Waals surface area contributed by atoms with E-state index < -0.39 is 0 Å². The first kappa shape index (κ1) is 13.3. The average Bonchev–Trinajstić information content (AvgIpc) is 2.57. The molecule has 0 radical (unpaired) electrons. The highest BCUT2D eigenvalue weighted by Crippen LogP contribution is 2.37. The fourth-order valence-corrected chi connectivity index (χ4v) is 3.66. The van der Waals surface area contributed by atoms with Crippen LogP contribution in [0.3, 0.4) is 0 Å². The van der Waals surface area contributed by atoms with Gasteiger partial charge in [-0.2, -0.15) is 4.57 Å². The molecule has 0 N–H and O–H groups in total. The Balaban J connectivity index is 1.88. The number of hydrogen-bond acceptors (Lipinski definition) is 0. The summed E-state index contributed by atoms with van der Waals surface area (Å²) in [6.07, 6.45) is 13.6. The Hall–Kier alpha value is -2.41. The number of benzene rings is 1. The maximum absolute atomic E-state index is 2.34. The van der Waals surface area contributed by atoms with E-state index in [1.54, 1.807) is 0 Å². The van der Waals surface area contributed by atoms with Crippen molar-refractivity contribution in [2.24, 2.45) is 18.9 Å². The Morgan fingerprint density at radius 2 is 1.73 bits per heavy atom. The number of aryl methyl sites for hydroxylation is 1. The third kappa shape index (κ3) is 1.97. The molecule has 0 spiro atoms. The van der Waals surface area contributed by atoms with Gasteiger partial charge in [0.1, 0.15) is 7.05 Å². The minimum absolute atomic E-state index is 0.497. The number of nitrogens with zero attached hydrogens (tertiary/aromatic N) is 1. The van der Waals surface area contributed by atoms with Gasteiger partial charge in [0.2, 0.25) is 11.2 Å². The molecular weight excluding hydrogens is 266 g/mol. The van der Waals surface area contributed by atoms with E-state index in [0.717, 1.165) is 0 Å². The molecule has 2 aromatic rings. The van der Waals surface area contributed by atoms with Gasteiger partial charge in [-0.05, 0) is 19.1 Å². The molecule has 0 fully saturated rings. The van der Waals surface area contributed by atoms with Gasteiger partial charge < -0.3 is 0 Å². The van der Waals surface area contributed by atoms with Crippen LogP contribution in [0.5, 0.6) is 0 Å². The lowest BCUT2D eigenvalue weighted by Gasteiger charge is -2.27. The zero-order chi connectivity index (χ0) is 15.1. The van der Waals surface area contributed by atoms with Crippen LogP contribution < -0.4 is 4.57 Å². The fraction of sp³-hybridized carbons (Fsp3) is 0.190. The van der Waals surface area contributed by atoms with Crippen LogP contribution in [-0.2, 0) is 7.05 Å². The molecule has 0 bridgehead atoms. The van der Waals surface area contributed by atoms with Crippen LogP contribution in [0.15, 0.2) is 78.4 Å². The van der Waals surface area contributed by atoms with Crippen LogP contribution in [0, 0.1) is 11.8 Å². The van der Waals surface area contributed by atoms with Gasteiger partial charge in [0.15, 0.2) is 0 Å². The fourth-order valence-electron chi connectivity index (χ4n) is 3.66.